The minimum atomic E-state index is -0.488. The van der Waals surface area contributed by atoms with Gasteiger partial charge in [0.25, 0.3) is 0 Å². The first-order valence-electron chi connectivity index (χ1n) is 6.58. The number of benzene rings is 1. The highest BCUT2D eigenvalue weighted by Crippen LogP contribution is 2.41. The van der Waals surface area contributed by atoms with Gasteiger partial charge in [-0.1, -0.05) is 0 Å². The molecule has 1 atom stereocenters. The maximum atomic E-state index is 9.38. The third kappa shape index (κ3) is 1.81. The molecule has 0 amide bonds. The van der Waals surface area contributed by atoms with E-state index in [0.717, 1.165) is 42.2 Å². The molecule has 3 rings (SSSR count). The Bertz CT molecular complexity index is 469. The Morgan fingerprint density at radius 2 is 2.11 bits per heavy atom. The van der Waals surface area contributed by atoms with Crippen molar-refractivity contribution in [1.82, 2.24) is 0 Å². The van der Waals surface area contributed by atoms with E-state index in [9.17, 15) is 5.11 Å². The topological polar surface area (TPSA) is 58.7 Å². The zero-order chi connectivity index (χ0) is 12.8. The highest BCUT2D eigenvalue weighted by atomic mass is 16.5. The standard InChI is InChI=1S/C14H20N2O2/c1-14(9-17)8-10-6-11(15)12(7-13(10)18-14)16-4-2-3-5-16/h6-7,17H,2-5,8-9,15H2,1H3. The molecule has 1 saturated heterocycles. The van der Waals surface area contributed by atoms with Crippen LogP contribution < -0.4 is 15.4 Å². The average molecular weight is 248 g/mol. The van der Waals surface area contributed by atoms with Crippen LogP contribution in [0.5, 0.6) is 5.75 Å². The van der Waals surface area contributed by atoms with Gasteiger partial charge in [-0.05, 0) is 25.8 Å². The van der Waals surface area contributed by atoms with E-state index in [1.165, 1.54) is 12.8 Å². The van der Waals surface area contributed by atoms with Crippen molar-refractivity contribution in [2.24, 2.45) is 0 Å². The summed E-state index contributed by atoms with van der Waals surface area (Å²) < 4.78 is 5.87. The van der Waals surface area contributed by atoms with Crippen LogP contribution >= 0.6 is 0 Å². The Labute approximate surface area is 107 Å². The summed E-state index contributed by atoms with van der Waals surface area (Å²) in [6.45, 7) is 4.10. The molecule has 3 N–H and O–H groups in total. The molecule has 2 aliphatic rings. The molecule has 0 radical (unpaired) electrons. The number of aliphatic hydroxyl groups excluding tert-OH is 1. The summed E-state index contributed by atoms with van der Waals surface area (Å²) in [7, 11) is 0. The number of nitrogens with two attached hydrogens (primary N) is 1. The molecule has 18 heavy (non-hydrogen) atoms. The molecule has 1 fully saturated rings. The fourth-order valence-electron chi connectivity index (χ4n) is 2.89. The first-order chi connectivity index (χ1) is 8.61. The van der Waals surface area contributed by atoms with Gasteiger partial charge in [-0.3, -0.25) is 0 Å². The predicted molar refractivity (Wildman–Crippen MR) is 72.1 cm³/mol. The van der Waals surface area contributed by atoms with E-state index >= 15 is 0 Å². The molecule has 98 valence electrons. The predicted octanol–water partition coefficient (Wildman–Crippen LogP) is 1.55. The van der Waals surface area contributed by atoms with E-state index in [1.807, 2.05) is 19.1 Å². The number of fused-ring (bicyclic) bond motifs is 1. The van der Waals surface area contributed by atoms with E-state index in [0.29, 0.717) is 0 Å². The number of hydrogen-bond acceptors (Lipinski definition) is 4. The lowest BCUT2D eigenvalue weighted by Crippen LogP contribution is -2.34. The van der Waals surface area contributed by atoms with Crippen molar-refractivity contribution in [2.75, 3.05) is 30.3 Å². The molecule has 1 unspecified atom stereocenters. The van der Waals surface area contributed by atoms with E-state index in [4.69, 9.17) is 10.5 Å². The summed E-state index contributed by atoms with van der Waals surface area (Å²) in [4.78, 5) is 2.31. The lowest BCUT2D eigenvalue weighted by atomic mass is 10.00. The summed E-state index contributed by atoms with van der Waals surface area (Å²) >= 11 is 0. The molecule has 2 heterocycles. The fourth-order valence-corrected chi connectivity index (χ4v) is 2.89. The SMILES string of the molecule is CC1(CO)Cc2cc(N)c(N3CCCC3)cc2O1. The molecule has 1 aromatic carbocycles. The van der Waals surface area contributed by atoms with Crippen molar-refractivity contribution >= 4 is 11.4 Å². The fraction of sp³-hybridized carbons (Fsp3) is 0.571. The Hall–Kier alpha value is -1.42. The minimum absolute atomic E-state index is 0.0284. The van der Waals surface area contributed by atoms with Crippen LogP contribution in [0, 0.1) is 0 Å². The number of ether oxygens (including phenoxy) is 1. The van der Waals surface area contributed by atoms with Gasteiger partial charge < -0.3 is 20.5 Å². The van der Waals surface area contributed by atoms with Crippen molar-refractivity contribution in [3.05, 3.63) is 17.7 Å². The monoisotopic (exact) mass is 248 g/mol. The normalized spacial score (nSPS) is 26.2. The van der Waals surface area contributed by atoms with Crippen LogP contribution in [0.3, 0.4) is 0 Å². The second-order valence-corrected chi connectivity index (χ2v) is 5.60. The maximum Gasteiger partial charge on any atom is 0.133 e. The summed E-state index contributed by atoms with van der Waals surface area (Å²) in [6.07, 6.45) is 3.18. The Morgan fingerprint density at radius 1 is 1.39 bits per heavy atom. The number of nitrogens with zero attached hydrogens (tertiary/aromatic N) is 1. The van der Waals surface area contributed by atoms with Gasteiger partial charge in [0.05, 0.1) is 18.0 Å². The van der Waals surface area contributed by atoms with Crippen LogP contribution in [0.1, 0.15) is 25.3 Å². The van der Waals surface area contributed by atoms with Gasteiger partial charge in [0.1, 0.15) is 11.4 Å². The van der Waals surface area contributed by atoms with Crippen molar-refractivity contribution in [1.29, 1.82) is 0 Å². The third-order valence-corrected chi connectivity index (χ3v) is 3.91. The number of hydrogen-bond donors (Lipinski definition) is 2. The highest BCUT2D eigenvalue weighted by molar-refractivity contribution is 5.72. The van der Waals surface area contributed by atoms with Crippen molar-refractivity contribution in [2.45, 2.75) is 31.8 Å². The molecule has 0 aliphatic carbocycles. The summed E-state index contributed by atoms with van der Waals surface area (Å²) in [5, 5.41) is 9.38. The van der Waals surface area contributed by atoms with Crippen molar-refractivity contribution in [3.8, 4) is 5.75 Å². The van der Waals surface area contributed by atoms with E-state index in [-0.39, 0.29) is 6.61 Å². The van der Waals surface area contributed by atoms with Gasteiger partial charge in [0.2, 0.25) is 0 Å². The second-order valence-electron chi connectivity index (χ2n) is 5.60. The molecular formula is C14H20N2O2. The molecule has 2 aliphatic heterocycles. The first-order valence-corrected chi connectivity index (χ1v) is 6.58. The van der Waals surface area contributed by atoms with Crippen LogP contribution in [0.2, 0.25) is 0 Å². The second kappa shape index (κ2) is 4.05. The Kier molecular flexibility index (Phi) is 2.63. The highest BCUT2D eigenvalue weighted by Gasteiger charge is 2.35. The molecule has 4 heteroatoms. The number of rotatable bonds is 2. The first kappa shape index (κ1) is 11.7. The summed E-state index contributed by atoms with van der Waals surface area (Å²) in [5.74, 6) is 0.877. The zero-order valence-corrected chi connectivity index (χ0v) is 10.8. The molecule has 0 bridgehead atoms. The average Bonchev–Trinajstić information content (AvgIpc) is 2.95. The largest absolute Gasteiger partial charge is 0.484 e. The molecular weight excluding hydrogens is 228 g/mol. The quantitative estimate of drug-likeness (QED) is 0.780. The number of aliphatic hydroxyl groups is 1. The molecule has 4 nitrogen and oxygen atoms in total. The van der Waals surface area contributed by atoms with Crippen LogP contribution in [0.4, 0.5) is 11.4 Å². The smallest absolute Gasteiger partial charge is 0.133 e. The van der Waals surface area contributed by atoms with Gasteiger partial charge in [-0.15, -0.1) is 0 Å². The summed E-state index contributed by atoms with van der Waals surface area (Å²) in [6, 6.07) is 4.04. The van der Waals surface area contributed by atoms with Gasteiger partial charge in [-0.2, -0.15) is 0 Å². The lowest BCUT2D eigenvalue weighted by Gasteiger charge is -2.22. The van der Waals surface area contributed by atoms with Gasteiger partial charge >= 0.3 is 0 Å². The van der Waals surface area contributed by atoms with E-state index in [1.54, 1.807) is 0 Å². The molecule has 0 spiro atoms. The zero-order valence-electron chi connectivity index (χ0n) is 10.8. The van der Waals surface area contributed by atoms with Gasteiger partial charge in [0.15, 0.2) is 0 Å². The van der Waals surface area contributed by atoms with Gasteiger partial charge in [0, 0.05) is 31.1 Å². The van der Waals surface area contributed by atoms with Gasteiger partial charge in [-0.25, -0.2) is 0 Å². The van der Waals surface area contributed by atoms with Crippen molar-refractivity contribution in [3.63, 3.8) is 0 Å². The van der Waals surface area contributed by atoms with E-state index in [2.05, 4.69) is 4.90 Å². The van der Waals surface area contributed by atoms with Crippen LogP contribution in [-0.4, -0.2) is 30.4 Å². The van der Waals surface area contributed by atoms with Crippen molar-refractivity contribution < 1.29 is 9.84 Å². The van der Waals surface area contributed by atoms with E-state index < -0.39 is 5.60 Å². The molecule has 1 aromatic rings. The lowest BCUT2D eigenvalue weighted by molar-refractivity contribution is 0.0447. The number of anilines is 2. The molecule has 0 aromatic heterocycles. The third-order valence-electron chi connectivity index (χ3n) is 3.91. The van der Waals surface area contributed by atoms with Crippen LogP contribution in [0.15, 0.2) is 12.1 Å². The Balaban J connectivity index is 1.94. The maximum absolute atomic E-state index is 9.38. The van der Waals surface area contributed by atoms with Crippen LogP contribution in [-0.2, 0) is 6.42 Å². The number of nitrogen functional groups attached to an aromatic ring is 1. The Morgan fingerprint density at radius 3 is 2.78 bits per heavy atom. The van der Waals surface area contributed by atoms with Crippen LogP contribution in [0.25, 0.3) is 0 Å². The summed E-state index contributed by atoms with van der Waals surface area (Å²) in [5.41, 5.74) is 8.66. The molecule has 0 saturated carbocycles. The minimum Gasteiger partial charge on any atom is -0.484 e.